The number of benzene rings is 4. The van der Waals surface area contributed by atoms with E-state index in [1.807, 2.05) is 0 Å². The highest BCUT2D eigenvalue weighted by Gasteiger charge is 2.28. The third-order valence-corrected chi connectivity index (χ3v) is 7.55. The van der Waals surface area contributed by atoms with E-state index in [1.165, 1.54) is 72.8 Å². The molecule has 4 rings (SSSR count). The molecule has 0 saturated heterocycles. The zero-order valence-electron chi connectivity index (χ0n) is 19.4. The molecule has 0 amide bonds. The van der Waals surface area contributed by atoms with Crippen molar-refractivity contribution in [3.8, 4) is 23.0 Å². The minimum Gasteiger partial charge on any atom is -0.457 e. The minimum absolute atomic E-state index is 0.121. The van der Waals surface area contributed by atoms with Crippen LogP contribution >= 0.6 is 0 Å². The van der Waals surface area contributed by atoms with Gasteiger partial charge in [-0.15, -0.1) is 0 Å². The number of hydrogen-bond donors (Lipinski definition) is 0. The molecule has 4 aromatic rings. The third kappa shape index (κ3) is 6.28. The quantitative estimate of drug-likeness (QED) is 0.144. The molecular formula is C24H16N2O11S2. The molecule has 0 saturated carbocycles. The maximum atomic E-state index is 12.5. The van der Waals surface area contributed by atoms with E-state index < -0.39 is 51.2 Å². The van der Waals surface area contributed by atoms with E-state index >= 15 is 0 Å². The van der Waals surface area contributed by atoms with E-state index in [9.17, 15) is 37.1 Å². The van der Waals surface area contributed by atoms with Crippen molar-refractivity contribution in [2.75, 3.05) is 0 Å². The molecule has 0 aliphatic heterocycles. The molecule has 0 bridgehead atoms. The van der Waals surface area contributed by atoms with Crippen LogP contribution in [0.5, 0.6) is 23.0 Å². The SMILES string of the molecule is O=[N+]([O-])c1ccccc1S(=O)(=O)Oc1ccc(Oc2ccc(OS(=O)(=O)c3ccccc3[N+](=O)[O-])cc2)cc1. The highest BCUT2D eigenvalue weighted by molar-refractivity contribution is 7.87. The number of para-hydroxylation sites is 2. The summed E-state index contributed by atoms with van der Waals surface area (Å²) in [6.07, 6.45) is 0. The summed E-state index contributed by atoms with van der Waals surface area (Å²) >= 11 is 0. The molecule has 0 spiro atoms. The summed E-state index contributed by atoms with van der Waals surface area (Å²) in [5.41, 5.74) is -1.25. The smallest absolute Gasteiger partial charge is 0.346 e. The van der Waals surface area contributed by atoms with Crippen molar-refractivity contribution in [2.24, 2.45) is 0 Å². The average Bonchev–Trinajstić information content (AvgIpc) is 2.90. The molecule has 0 unspecified atom stereocenters. The molecule has 0 aliphatic carbocycles. The standard InChI is InChI=1S/C24H16N2O11S2/c27-25(28)21-5-1-3-7-23(21)38(31,32)36-19-13-9-17(10-14-19)35-18-11-15-20(16-12-18)37-39(33,34)24-8-4-2-6-22(24)26(29)30/h1-16H. The summed E-state index contributed by atoms with van der Waals surface area (Å²) in [6, 6.07) is 20.2. The van der Waals surface area contributed by atoms with Crippen LogP contribution in [0.1, 0.15) is 0 Å². The molecule has 13 nitrogen and oxygen atoms in total. The maximum Gasteiger partial charge on any atom is 0.346 e. The van der Waals surface area contributed by atoms with Crippen molar-refractivity contribution in [3.05, 3.63) is 117 Å². The van der Waals surface area contributed by atoms with Gasteiger partial charge in [-0.05, 0) is 60.7 Å². The predicted molar refractivity (Wildman–Crippen MR) is 135 cm³/mol. The van der Waals surface area contributed by atoms with Gasteiger partial charge in [-0.3, -0.25) is 20.2 Å². The van der Waals surface area contributed by atoms with Crippen LogP contribution in [0.4, 0.5) is 11.4 Å². The highest BCUT2D eigenvalue weighted by atomic mass is 32.2. The Labute approximate surface area is 221 Å². The van der Waals surface area contributed by atoms with Gasteiger partial charge in [-0.25, -0.2) is 0 Å². The van der Waals surface area contributed by atoms with Gasteiger partial charge in [0.2, 0.25) is 0 Å². The van der Waals surface area contributed by atoms with Crippen LogP contribution in [0.25, 0.3) is 0 Å². The first-order chi connectivity index (χ1) is 18.5. The molecular weight excluding hydrogens is 556 g/mol. The number of nitro benzene ring substituents is 2. The number of hydrogen-bond acceptors (Lipinski definition) is 11. The topological polar surface area (TPSA) is 182 Å². The molecule has 0 heterocycles. The fraction of sp³-hybridized carbons (Fsp3) is 0. The highest BCUT2D eigenvalue weighted by Crippen LogP contribution is 2.31. The summed E-state index contributed by atoms with van der Waals surface area (Å²) < 4.78 is 65.8. The van der Waals surface area contributed by atoms with Crippen molar-refractivity contribution < 1.29 is 39.8 Å². The van der Waals surface area contributed by atoms with Crippen LogP contribution in [0.15, 0.2) is 107 Å². The number of rotatable bonds is 10. The summed E-state index contributed by atoms with van der Waals surface area (Å²) in [5, 5.41) is 22.3. The summed E-state index contributed by atoms with van der Waals surface area (Å²) in [5.74, 6) is 0.271. The number of nitro groups is 2. The Morgan fingerprint density at radius 2 is 0.795 bits per heavy atom. The normalized spacial score (nSPS) is 11.4. The van der Waals surface area contributed by atoms with Gasteiger partial charge in [0.05, 0.1) is 9.85 Å². The van der Waals surface area contributed by atoms with Crippen LogP contribution < -0.4 is 13.1 Å². The van der Waals surface area contributed by atoms with Gasteiger partial charge in [0, 0.05) is 12.1 Å². The van der Waals surface area contributed by atoms with Gasteiger partial charge in [-0.1, -0.05) is 24.3 Å². The van der Waals surface area contributed by atoms with Gasteiger partial charge in [0.15, 0.2) is 9.79 Å². The van der Waals surface area contributed by atoms with Crippen molar-refractivity contribution in [1.29, 1.82) is 0 Å². The lowest BCUT2D eigenvalue weighted by Crippen LogP contribution is -2.12. The second-order valence-corrected chi connectivity index (χ2v) is 10.6. The third-order valence-electron chi connectivity index (χ3n) is 4.96. The Morgan fingerprint density at radius 1 is 0.487 bits per heavy atom. The first-order valence-electron chi connectivity index (χ1n) is 10.7. The lowest BCUT2D eigenvalue weighted by Gasteiger charge is -2.10. The van der Waals surface area contributed by atoms with E-state index in [1.54, 1.807) is 0 Å². The molecule has 15 heteroatoms. The molecule has 0 fully saturated rings. The van der Waals surface area contributed by atoms with Gasteiger partial charge in [0.25, 0.3) is 11.4 Å². The second-order valence-electron chi connectivity index (χ2n) is 7.57. The summed E-state index contributed by atoms with van der Waals surface area (Å²) in [7, 11) is -8.98. The van der Waals surface area contributed by atoms with Crippen molar-refractivity contribution in [3.63, 3.8) is 0 Å². The monoisotopic (exact) mass is 572 g/mol. The van der Waals surface area contributed by atoms with Crippen molar-refractivity contribution >= 4 is 31.6 Å². The molecule has 0 radical (unpaired) electrons. The van der Waals surface area contributed by atoms with Crippen LogP contribution in [-0.4, -0.2) is 26.7 Å². The molecule has 200 valence electrons. The van der Waals surface area contributed by atoms with Gasteiger partial charge in [-0.2, -0.15) is 16.8 Å². The summed E-state index contributed by atoms with van der Waals surface area (Å²) in [6.45, 7) is 0. The van der Waals surface area contributed by atoms with Crippen molar-refractivity contribution in [1.82, 2.24) is 0 Å². The van der Waals surface area contributed by atoms with Gasteiger partial charge < -0.3 is 13.1 Å². The Hall–Kier alpha value is -5.02. The molecule has 39 heavy (non-hydrogen) atoms. The van der Waals surface area contributed by atoms with Crippen molar-refractivity contribution in [2.45, 2.75) is 9.79 Å². The van der Waals surface area contributed by atoms with Gasteiger partial charge in [0.1, 0.15) is 23.0 Å². The number of ether oxygens (including phenoxy) is 1. The first-order valence-corrected chi connectivity index (χ1v) is 13.5. The lowest BCUT2D eigenvalue weighted by molar-refractivity contribution is -0.388. The second kappa shape index (κ2) is 10.8. The zero-order chi connectivity index (χ0) is 28.2. The Bertz CT molecular complexity index is 1620. The largest absolute Gasteiger partial charge is 0.457 e. The van der Waals surface area contributed by atoms with E-state index in [0.29, 0.717) is 0 Å². The average molecular weight is 573 g/mol. The molecule has 0 aromatic heterocycles. The van der Waals surface area contributed by atoms with Crippen LogP contribution in [0.3, 0.4) is 0 Å². The van der Waals surface area contributed by atoms with E-state index in [4.69, 9.17) is 13.1 Å². The van der Waals surface area contributed by atoms with Crippen LogP contribution in [-0.2, 0) is 20.2 Å². The summed E-state index contributed by atoms with van der Waals surface area (Å²) in [4.78, 5) is 19.4. The Balaban J connectivity index is 1.44. The van der Waals surface area contributed by atoms with E-state index in [2.05, 4.69) is 0 Å². The minimum atomic E-state index is -4.49. The van der Waals surface area contributed by atoms with E-state index in [0.717, 1.165) is 24.3 Å². The van der Waals surface area contributed by atoms with Crippen LogP contribution in [0, 0.1) is 20.2 Å². The Morgan fingerprint density at radius 3 is 1.13 bits per heavy atom. The van der Waals surface area contributed by atoms with E-state index in [-0.39, 0.29) is 23.0 Å². The molecule has 4 aromatic carbocycles. The first kappa shape index (κ1) is 27.0. The zero-order valence-corrected chi connectivity index (χ0v) is 21.1. The molecule has 0 atom stereocenters. The molecule has 0 aliphatic rings. The molecule has 0 N–H and O–H groups in total. The maximum absolute atomic E-state index is 12.5. The fourth-order valence-electron chi connectivity index (χ4n) is 3.24. The lowest BCUT2D eigenvalue weighted by atomic mass is 10.3. The fourth-order valence-corrected chi connectivity index (χ4v) is 5.44. The van der Waals surface area contributed by atoms with Gasteiger partial charge >= 0.3 is 20.2 Å². The Kier molecular flexibility index (Phi) is 7.46. The number of nitrogens with zero attached hydrogens (tertiary/aromatic N) is 2. The predicted octanol–water partition coefficient (Wildman–Crippen LogP) is 4.83. The van der Waals surface area contributed by atoms with Crippen LogP contribution in [0.2, 0.25) is 0 Å².